The summed E-state index contributed by atoms with van der Waals surface area (Å²) in [5.74, 6) is -1.61. The Morgan fingerprint density at radius 2 is 1.82 bits per heavy atom. The summed E-state index contributed by atoms with van der Waals surface area (Å²) in [6.07, 6.45) is -3.76. The SMILES string of the molecule is CS(=O)(=O)C1CC1C(F)(F)F. The molecule has 0 saturated heterocycles. The Morgan fingerprint density at radius 1 is 1.36 bits per heavy atom. The van der Waals surface area contributed by atoms with Gasteiger partial charge in [0.15, 0.2) is 9.84 Å². The molecule has 0 aromatic carbocycles. The molecule has 2 atom stereocenters. The molecule has 1 saturated carbocycles. The number of rotatable bonds is 1. The van der Waals surface area contributed by atoms with Crippen LogP contribution in [0.3, 0.4) is 0 Å². The quantitative estimate of drug-likeness (QED) is 0.614. The van der Waals surface area contributed by atoms with Crippen LogP contribution in [0.1, 0.15) is 6.42 Å². The summed E-state index contributed by atoms with van der Waals surface area (Å²) in [6.45, 7) is 0. The van der Waals surface area contributed by atoms with Crippen molar-refractivity contribution in [3.05, 3.63) is 0 Å². The van der Waals surface area contributed by atoms with Gasteiger partial charge < -0.3 is 0 Å². The molecule has 0 bridgehead atoms. The minimum atomic E-state index is -4.34. The zero-order chi connectivity index (χ0) is 8.86. The Kier molecular flexibility index (Phi) is 1.70. The minimum Gasteiger partial charge on any atom is -0.229 e. The summed E-state index contributed by atoms with van der Waals surface area (Å²) >= 11 is 0. The van der Waals surface area contributed by atoms with Gasteiger partial charge in [0, 0.05) is 6.26 Å². The molecule has 0 aromatic heterocycles. The molecule has 1 aliphatic carbocycles. The van der Waals surface area contributed by atoms with Crippen LogP contribution in [0.2, 0.25) is 0 Å². The van der Waals surface area contributed by atoms with Gasteiger partial charge in [0.05, 0.1) is 11.2 Å². The van der Waals surface area contributed by atoms with Gasteiger partial charge in [-0.1, -0.05) is 0 Å². The van der Waals surface area contributed by atoms with Gasteiger partial charge in [-0.3, -0.25) is 0 Å². The summed E-state index contributed by atoms with van der Waals surface area (Å²) in [5.41, 5.74) is 0. The van der Waals surface area contributed by atoms with Crippen LogP contribution < -0.4 is 0 Å². The van der Waals surface area contributed by atoms with Crippen molar-refractivity contribution in [3.63, 3.8) is 0 Å². The Hall–Kier alpha value is -0.260. The maximum atomic E-state index is 11.8. The van der Waals surface area contributed by atoms with E-state index in [1.807, 2.05) is 0 Å². The lowest BCUT2D eigenvalue weighted by atomic mass is 10.4. The van der Waals surface area contributed by atoms with Crippen molar-refractivity contribution in [3.8, 4) is 0 Å². The largest absolute Gasteiger partial charge is 0.393 e. The topological polar surface area (TPSA) is 34.1 Å². The smallest absolute Gasteiger partial charge is 0.229 e. The molecule has 2 unspecified atom stereocenters. The van der Waals surface area contributed by atoms with Gasteiger partial charge in [-0.15, -0.1) is 0 Å². The van der Waals surface area contributed by atoms with Crippen LogP contribution >= 0.6 is 0 Å². The molecule has 0 heterocycles. The lowest BCUT2D eigenvalue weighted by Gasteiger charge is -2.02. The fourth-order valence-electron chi connectivity index (χ4n) is 0.989. The van der Waals surface area contributed by atoms with E-state index in [9.17, 15) is 21.6 Å². The van der Waals surface area contributed by atoms with E-state index in [4.69, 9.17) is 0 Å². The first-order valence-electron chi connectivity index (χ1n) is 2.98. The standard InChI is InChI=1S/C5H7F3O2S/c1-11(9,10)4-2-3(4)5(6,7)8/h3-4H,2H2,1H3. The molecular formula is C5H7F3O2S. The number of halogens is 3. The highest BCUT2D eigenvalue weighted by atomic mass is 32.2. The van der Waals surface area contributed by atoms with Crippen LogP contribution in [0.15, 0.2) is 0 Å². The van der Waals surface area contributed by atoms with Crippen LogP contribution in [0, 0.1) is 5.92 Å². The lowest BCUT2D eigenvalue weighted by molar-refractivity contribution is -0.146. The normalized spacial score (nSPS) is 32.0. The second-order valence-corrected chi connectivity index (χ2v) is 5.02. The van der Waals surface area contributed by atoms with Crippen molar-refractivity contribution in [2.45, 2.75) is 17.8 Å². The van der Waals surface area contributed by atoms with Crippen molar-refractivity contribution in [2.24, 2.45) is 5.92 Å². The molecule has 0 spiro atoms. The molecule has 1 fully saturated rings. The van der Waals surface area contributed by atoms with Crippen LogP contribution in [-0.4, -0.2) is 26.1 Å². The first kappa shape index (κ1) is 8.83. The summed E-state index contributed by atoms with van der Waals surface area (Å²) in [7, 11) is -3.48. The van der Waals surface area contributed by atoms with Crippen LogP contribution in [-0.2, 0) is 9.84 Å². The third-order valence-corrected chi connectivity index (χ3v) is 3.32. The molecule has 11 heavy (non-hydrogen) atoms. The summed E-state index contributed by atoms with van der Waals surface area (Å²) in [4.78, 5) is 0. The first-order valence-corrected chi connectivity index (χ1v) is 4.94. The van der Waals surface area contributed by atoms with E-state index < -0.39 is 27.2 Å². The molecule has 6 heteroatoms. The van der Waals surface area contributed by atoms with Crippen molar-refractivity contribution < 1.29 is 21.6 Å². The molecule has 0 radical (unpaired) electrons. The fourth-order valence-corrected chi connectivity index (χ4v) is 2.30. The second-order valence-electron chi connectivity index (χ2n) is 2.75. The maximum absolute atomic E-state index is 11.8. The molecule has 2 nitrogen and oxygen atoms in total. The van der Waals surface area contributed by atoms with Crippen LogP contribution in [0.4, 0.5) is 13.2 Å². The van der Waals surface area contributed by atoms with E-state index in [-0.39, 0.29) is 6.42 Å². The van der Waals surface area contributed by atoms with E-state index in [1.165, 1.54) is 0 Å². The Bertz CT molecular complexity index is 253. The van der Waals surface area contributed by atoms with Crippen molar-refractivity contribution in [1.29, 1.82) is 0 Å². The Labute approximate surface area is 62.3 Å². The average molecular weight is 188 g/mol. The molecule has 1 aliphatic rings. The number of hydrogen-bond acceptors (Lipinski definition) is 2. The highest BCUT2D eigenvalue weighted by Crippen LogP contribution is 2.48. The molecule has 1 rings (SSSR count). The zero-order valence-corrected chi connectivity index (χ0v) is 6.54. The van der Waals surface area contributed by atoms with Crippen molar-refractivity contribution in [2.75, 3.05) is 6.26 Å². The molecule has 0 N–H and O–H groups in total. The van der Waals surface area contributed by atoms with E-state index in [0.29, 0.717) is 0 Å². The minimum absolute atomic E-state index is 0.262. The maximum Gasteiger partial charge on any atom is 0.393 e. The monoisotopic (exact) mass is 188 g/mol. The predicted molar refractivity (Wildman–Crippen MR) is 32.8 cm³/mol. The molecular weight excluding hydrogens is 181 g/mol. The van der Waals surface area contributed by atoms with Crippen LogP contribution in [0.25, 0.3) is 0 Å². The summed E-state index contributed by atoms with van der Waals surface area (Å²) in [6, 6.07) is 0. The van der Waals surface area contributed by atoms with E-state index >= 15 is 0 Å². The van der Waals surface area contributed by atoms with Gasteiger partial charge in [-0.25, -0.2) is 8.42 Å². The van der Waals surface area contributed by atoms with Gasteiger partial charge in [-0.05, 0) is 6.42 Å². The zero-order valence-electron chi connectivity index (χ0n) is 5.72. The lowest BCUT2D eigenvalue weighted by Crippen LogP contribution is -2.17. The molecule has 0 aliphatic heterocycles. The third kappa shape index (κ3) is 1.85. The van der Waals surface area contributed by atoms with Gasteiger partial charge in [0.25, 0.3) is 0 Å². The average Bonchev–Trinajstić information content (AvgIpc) is 2.30. The number of alkyl halides is 3. The fraction of sp³-hybridized carbons (Fsp3) is 1.00. The molecule has 0 amide bonds. The van der Waals surface area contributed by atoms with Gasteiger partial charge in [0.2, 0.25) is 0 Å². The first-order chi connectivity index (χ1) is 4.73. The highest BCUT2D eigenvalue weighted by molar-refractivity contribution is 7.91. The molecule has 0 aromatic rings. The predicted octanol–water partition coefficient (Wildman–Crippen LogP) is 0.982. The van der Waals surface area contributed by atoms with Gasteiger partial charge >= 0.3 is 6.18 Å². The Balaban J connectivity index is 2.65. The van der Waals surface area contributed by atoms with Crippen molar-refractivity contribution in [1.82, 2.24) is 0 Å². The number of hydrogen-bond donors (Lipinski definition) is 0. The number of sulfone groups is 1. The van der Waals surface area contributed by atoms with E-state index in [1.54, 1.807) is 0 Å². The third-order valence-electron chi connectivity index (χ3n) is 1.70. The highest BCUT2D eigenvalue weighted by Gasteiger charge is 2.60. The molecule has 66 valence electrons. The Morgan fingerprint density at radius 3 is 1.91 bits per heavy atom. The van der Waals surface area contributed by atoms with Gasteiger partial charge in [0.1, 0.15) is 0 Å². The van der Waals surface area contributed by atoms with E-state index in [0.717, 1.165) is 6.26 Å². The van der Waals surface area contributed by atoms with Crippen molar-refractivity contribution >= 4 is 9.84 Å². The second kappa shape index (κ2) is 2.12. The van der Waals surface area contributed by atoms with Gasteiger partial charge in [-0.2, -0.15) is 13.2 Å². The van der Waals surface area contributed by atoms with Crippen LogP contribution in [0.5, 0.6) is 0 Å². The van der Waals surface area contributed by atoms with E-state index in [2.05, 4.69) is 0 Å². The summed E-state index contributed by atoms with van der Waals surface area (Å²) in [5, 5.41) is -1.18. The summed E-state index contributed by atoms with van der Waals surface area (Å²) < 4.78 is 56.4.